The molecule has 0 aromatic carbocycles. The Bertz CT molecular complexity index is 150. The van der Waals surface area contributed by atoms with Crippen molar-refractivity contribution in [3.8, 4) is 0 Å². The number of carbonyl (C=O) groups is 1. The standard InChI is InChI=1S/C6H12O7/c7-1-3(9)4(10)5(11)6(12)13-2-8/h2-7,9-12H,1H2. The molecule has 0 radical (unpaired) electrons. The van der Waals surface area contributed by atoms with Gasteiger partial charge in [0.05, 0.1) is 6.61 Å². The number of aliphatic hydroxyl groups excluding tert-OH is 5. The number of carbonyl (C=O) groups excluding carboxylic acids is 1. The van der Waals surface area contributed by atoms with Crippen molar-refractivity contribution in [2.24, 2.45) is 0 Å². The van der Waals surface area contributed by atoms with Gasteiger partial charge in [-0.2, -0.15) is 0 Å². The van der Waals surface area contributed by atoms with Crippen LogP contribution >= 0.6 is 0 Å². The van der Waals surface area contributed by atoms with Gasteiger partial charge in [-0.15, -0.1) is 0 Å². The molecule has 0 saturated heterocycles. The molecule has 0 bridgehead atoms. The fourth-order valence-electron chi connectivity index (χ4n) is 0.642. The fraction of sp³-hybridized carbons (Fsp3) is 0.833. The van der Waals surface area contributed by atoms with E-state index in [-0.39, 0.29) is 6.47 Å². The summed E-state index contributed by atoms with van der Waals surface area (Å²) in [6, 6.07) is 0. The second kappa shape index (κ2) is 5.84. The summed E-state index contributed by atoms with van der Waals surface area (Å²) in [7, 11) is 0. The fourth-order valence-corrected chi connectivity index (χ4v) is 0.642. The van der Waals surface area contributed by atoms with Crippen LogP contribution in [0.4, 0.5) is 0 Å². The molecule has 4 atom stereocenters. The van der Waals surface area contributed by atoms with Crippen LogP contribution < -0.4 is 0 Å². The first-order valence-electron chi connectivity index (χ1n) is 3.46. The van der Waals surface area contributed by atoms with E-state index in [2.05, 4.69) is 4.74 Å². The highest BCUT2D eigenvalue weighted by molar-refractivity contribution is 5.37. The summed E-state index contributed by atoms with van der Waals surface area (Å²) in [6.45, 7) is -0.905. The predicted molar refractivity (Wildman–Crippen MR) is 38.3 cm³/mol. The molecule has 5 N–H and O–H groups in total. The molecule has 4 unspecified atom stereocenters. The highest BCUT2D eigenvalue weighted by Gasteiger charge is 2.30. The van der Waals surface area contributed by atoms with Crippen LogP contribution in [0.25, 0.3) is 0 Å². The van der Waals surface area contributed by atoms with Crippen LogP contribution in [0.2, 0.25) is 0 Å². The van der Waals surface area contributed by atoms with E-state index in [1.54, 1.807) is 0 Å². The Balaban J connectivity index is 4.06. The lowest BCUT2D eigenvalue weighted by atomic mass is 10.1. The predicted octanol–water partition coefficient (Wildman–Crippen LogP) is -3.45. The second-order valence-electron chi connectivity index (χ2n) is 2.35. The molecule has 0 saturated carbocycles. The van der Waals surface area contributed by atoms with Gasteiger partial charge in [-0.05, 0) is 0 Å². The van der Waals surface area contributed by atoms with E-state index in [9.17, 15) is 4.79 Å². The highest BCUT2D eigenvalue weighted by atomic mass is 16.6. The van der Waals surface area contributed by atoms with Gasteiger partial charge in [0, 0.05) is 0 Å². The summed E-state index contributed by atoms with van der Waals surface area (Å²) in [4.78, 5) is 9.69. The first-order chi connectivity index (χ1) is 6.04. The van der Waals surface area contributed by atoms with Gasteiger partial charge in [-0.25, -0.2) is 0 Å². The lowest BCUT2D eigenvalue weighted by Crippen LogP contribution is -2.46. The van der Waals surface area contributed by atoms with Crippen LogP contribution in [0.15, 0.2) is 0 Å². The summed E-state index contributed by atoms with van der Waals surface area (Å²) >= 11 is 0. The summed E-state index contributed by atoms with van der Waals surface area (Å²) in [6.07, 6.45) is -7.21. The Hall–Kier alpha value is -0.730. The minimum absolute atomic E-state index is 0.119. The third kappa shape index (κ3) is 3.66. The average molecular weight is 196 g/mol. The van der Waals surface area contributed by atoms with Gasteiger partial charge in [0.2, 0.25) is 6.29 Å². The number of hydrogen-bond donors (Lipinski definition) is 5. The Kier molecular flexibility index (Phi) is 5.51. The maximum atomic E-state index is 9.69. The Morgan fingerprint density at radius 2 is 1.69 bits per heavy atom. The Morgan fingerprint density at radius 1 is 1.15 bits per heavy atom. The summed E-state index contributed by atoms with van der Waals surface area (Å²) < 4.78 is 3.89. The molecule has 7 heteroatoms. The third-order valence-corrected chi connectivity index (χ3v) is 1.42. The normalized spacial score (nSPS) is 20.1. The van der Waals surface area contributed by atoms with Crippen molar-refractivity contribution in [1.29, 1.82) is 0 Å². The van der Waals surface area contributed by atoms with Crippen molar-refractivity contribution < 1.29 is 35.1 Å². The molecule has 0 amide bonds. The molecule has 13 heavy (non-hydrogen) atoms. The van der Waals surface area contributed by atoms with Gasteiger partial charge in [-0.1, -0.05) is 0 Å². The smallest absolute Gasteiger partial charge is 0.295 e. The van der Waals surface area contributed by atoms with Gasteiger partial charge in [0.1, 0.15) is 18.3 Å². The van der Waals surface area contributed by atoms with Crippen LogP contribution in [0.1, 0.15) is 0 Å². The molecule has 0 fully saturated rings. The SMILES string of the molecule is O=COC(O)C(O)C(O)C(O)CO. The summed E-state index contributed by atoms with van der Waals surface area (Å²) in [5, 5.41) is 43.9. The molecule has 0 aromatic heterocycles. The van der Waals surface area contributed by atoms with Gasteiger partial charge >= 0.3 is 0 Å². The minimum Gasteiger partial charge on any atom is -0.435 e. The first-order valence-corrected chi connectivity index (χ1v) is 3.46. The highest BCUT2D eigenvalue weighted by Crippen LogP contribution is 2.04. The van der Waals surface area contributed by atoms with E-state index in [1.807, 2.05) is 0 Å². The van der Waals surface area contributed by atoms with Gasteiger partial charge in [0.15, 0.2) is 0 Å². The van der Waals surface area contributed by atoms with Gasteiger partial charge < -0.3 is 30.3 Å². The zero-order chi connectivity index (χ0) is 10.4. The van der Waals surface area contributed by atoms with E-state index < -0.39 is 31.2 Å². The van der Waals surface area contributed by atoms with E-state index in [4.69, 9.17) is 25.5 Å². The van der Waals surface area contributed by atoms with Crippen LogP contribution in [0.3, 0.4) is 0 Å². The third-order valence-electron chi connectivity index (χ3n) is 1.42. The molecular formula is C6H12O7. The number of rotatable bonds is 6. The quantitative estimate of drug-likeness (QED) is 0.221. The van der Waals surface area contributed by atoms with Crippen molar-refractivity contribution in [3.63, 3.8) is 0 Å². The van der Waals surface area contributed by atoms with Gasteiger partial charge in [-0.3, -0.25) is 4.79 Å². The molecule has 0 aliphatic heterocycles. The van der Waals surface area contributed by atoms with E-state index in [0.717, 1.165) is 0 Å². The molecule has 7 nitrogen and oxygen atoms in total. The monoisotopic (exact) mass is 196 g/mol. The van der Waals surface area contributed by atoms with Crippen molar-refractivity contribution in [2.75, 3.05) is 6.61 Å². The topological polar surface area (TPSA) is 127 Å². The Morgan fingerprint density at radius 3 is 2.08 bits per heavy atom. The molecule has 0 rings (SSSR count). The summed E-state index contributed by atoms with van der Waals surface area (Å²) in [5.41, 5.74) is 0. The Labute approximate surface area is 73.8 Å². The van der Waals surface area contributed by atoms with Crippen LogP contribution in [-0.4, -0.2) is 63.2 Å². The van der Waals surface area contributed by atoms with Crippen LogP contribution in [0, 0.1) is 0 Å². The largest absolute Gasteiger partial charge is 0.435 e. The van der Waals surface area contributed by atoms with E-state index in [1.165, 1.54) is 0 Å². The minimum atomic E-state index is -1.94. The van der Waals surface area contributed by atoms with Crippen molar-refractivity contribution >= 4 is 6.47 Å². The molecule has 0 aliphatic rings. The van der Waals surface area contributed by atoms with E-state index in [0.29, 0.717) is 0 Å². The lowest BCUT2D eigenvalue weighted by Gasteiger charge is -2.23. The molecule has 0 aliphatic carbocycles. The van der Waals surface area contributed by atoms with Crippen molar-refractivity contribution in [3.05, 3.63) is 0 Å². The number of ether oxygens (including phenoxy) is 1. The lowest BCUT2D eigenvalue weighted by molar-refractivity contribution is -0.199. The maximum Gasteiger partial charge on any atom is 0.295 e. The van der Waals surface area contributed by atoms with E-state index >= 15 is 0 Å². The molecule has 0 heterocycles. The average Bonchev–Trinajstić information content (AvgIpc) is 2.14. The second-order valence-corrected chi connectivity index (χ2v) is 2.35. The zero-order valence-corrected chi connectivity index (χ0v) is 6.65. The molecule has 0 spiro atoms. The molecule has 0 aromatic rings. The summed E-state index contributed by atoms with van der Waals surface area (Å²) in [5.74, 6) is 0. The van der Waals surface area contributed by atoms with Gasteiger partial charge in [0.25, 0.3) is 6.47 Å². The van der Waals surface area contributed by atoms with Crippen molar-refractivity contribution in [2.45, 2.75) is 24.6 Å². The number of aliphatic hydroxyl groups is 5. The van der Waals surface area contributed by atoms with Crippen LogP contribution in [0.5, 0.6) is 0 Å². The number of hydrogen-bond acceptors (Lipinski definition) is 7. The van der Waals surface area contributed by atoms with Crippen molar-refractivity contribution in [1.82, 2.24) is 0 Å². The molecule has 78 valence electrons. The molecular weight excluding hydrogens is 184 g/mol. The van der Waals surface area contributed by atoms with Crippen LogP contribution in [-0.2, 0) is 9.53 Å². The maximum absolute atomic E-state index is 9.69. The first kappa shape index (κ1) is 12.3. The zero-order valence-electron chi connectivity index (χ0n) is 6.65.